The van der Waals surface area contributed by atoms with Crippen molar-refractivity contribution in [2.75, 3.05) is 19.6 Å². The van der Waals surface area contributed by atoms with E-state index < -0.39 is 5.82 Å². The maximum Gasteiger partial charge on any atom is 0.326 e. The third kappa shape index (κ3) is 3.93. The summed E-state index contributed by atoms with van der Waals surface area (Å²) >= 11 is 0. The van der Waals surface area contributed by atoms with Gasteiger partial charge >= 0.3 is 5.69 Å². The number of H-pyrrole nitrogens is 1. The molecule has 184 valence electrons. The second-order valence-corrected chi connectivity index (χ2v) is 9.50. The van der Waals surface area contributed by atoms with Gasteiger partial charge in [0, 0.05) is 36.3 Å². The molecule has 5 nitrogen and oxygen atoms in total. The first-order valence-corrected chi connectivity index (χ1v) is 12.4. The van der Waals surface area contributed by atoms with E-state index in [1.807, 2.05) is 34.9 Å². The minimum atomic E-state index is -0.412. The van der Waals surface area contributed by atoms with Gasteiger partial charge in [0.15, 0.2) is 0 Å². The van der Waals surface area contributed by atoms with Crippen molar-refractivity contribution in [2.45, 2.75) is 32.4 Å². The lowest BCUT2D eigenvalue weighted by Crippen LogP contribution is -2.36. The van der Waals surface area contributed by atoms with Crippen LogP contribution >= 0.6 is 0 Å². The predicted molar refractivity (Wildman–Crippen MR) is 137 cm³/mol. The fourth-order valence-corrected chi connectivity index (χ4v) is 5.51. The molecule has 36 heavy (non-hydrogen) atoms. The molecule has 0 unspecified atom stereocenters. The molecule has 1 aromatic heterocycles. The highest BCUT2D eigenvalue weighted by atomic mass is 19.1. The van der Waals surface area contributed by atoms with Crippen LogP contribution in [-0.2, 0) is 6.61 Å². The van der Waals surface area contributed by atoms with Gasteiger partial charge < -0.3 is 14.6 Å². The van der Waals surface area contributed by atoms with Gasteiger partial charge in [-0.25, -0.2) is 13.6 Å². The van der Waals surface area contributed by atoms with E-state index in [9.17, 15) is 13.6 Å². The fourth-order valence-electron chi connectivity index (χ4n) is 5.51. The first-order valence-electron chi connectivity index (χ1n) is 12.4. The highest BCUT2D eigenvalue weighted by Crippen LogP contribution is 2.39. The number of nitrogens with zero attached hydrogens (tertiary/aromatic N) is 2. The number of ether oxygens (including phenoxy) is 1. The first-order chi connectivity index (χ1) is 17.5. The molecule has 0 saturated carbocycles. The molecule has 2 aliphatic rings. The predicted octanol–water partition coefficient (Wildman–Crippen LogP) is 5.75. The van der Waals surface area contributed by atoms with E-state index in [2.05, 4.69) is 16.8 Å². The van der Waals surface area contributed by atoms with Gasteiger partial charge in [-0.3, -0.25) is 4.57 Å². The molecule has 0 aliphatic carbocycles. The molecular weight excluding hydrogens is 460 g/mol. The molecule has 3 heterocycles. The zero-order valence-corrected chi connectivity index (χ0v) is 20.1. The van der Waals surface area contributed by atoms with Gasteiger partial charge in [-0.1, -0.05) is 25.1 Å². The number of aromatic amines is 1. The Bertz CT molecular complexity index is 1540. The second-order valence-electron chi connectivity index (χ2n) is 9.50. The summed E-state index contributed by atoms with van der Waals surface area (Å²) in [5.74, 6) is -0.404. The Labute approximate surface area is 207 Å². The lowest BCUT2D eigenvalue weighted by atomic mass is 9.92. The average molecular weight is 488 g/mol. The van der Waals surface area contributed by atoms with E-state index in [-0.39, 0.29) is 24.2 Å². The summed E-state index contributed by atoms with van der Waals surface area (Å²) in [5, 5.41) is 0. The Morgan fingerprint density at radius 3 is 2.69 bits per heavy atom. The third-order valence-corrected chi connectivity index (χ3v) is 7.44. The van der Waals surface area contributed by atoms with Gasteiger partial charge in [0.1, 0.15) is 24.0 Å². The van der Waals surface area contributed by atoms with Crippen LogP contribution in [0.15, 0.2) is 59.4 Å². The van der Waals surface area contributed by atoms with Crippen molar-refractivity contribution < 1.29 is 13.5 Å². The molecule has 7 heteroatoms. The molecule has 1 fully saturated rings. The number of fused-ring (bicyclic) bond motifs is 3. The number of benzene rings is 3. The van der Waals surface area contributed by atoms with Crippen LogP contribution in [0.4, 0.5) is 8.78 Å². The summed E-state index contributed by atoms with van der Waals surface area (Å²) in [7, 11) is 0. The van der Waals surface area contributed by atoms with Gasteiger partial charge in [-0.05, 0) is 72.5 Å². The van der Waals surface area contributed by atoms with E-state index >= 15 is 0 Å². The van der Waals surface area contributed by atoms with E-state index in [4.69, 9.17) is 4.74 Å². The van der Waals surface area contributed by atoms with Crippen LogP contribution in [0.5, 0.6) is 5.75 Å². The molecule has 0 spiro atoms. The zero-order valence-electron chi connectivity index (χ0n) is 20.1. The maximum absolute atomic E-state index is 14.7. The van der Waals surface area contributed by atoms with Crippen molar-refractivity contribution in [3.8, 4) is 5.75 Å². The van der Waals surface area contributed by atoms with Crippen molar-refractivity contribution in [3.05, 3.63) is 99.0 Å². The summed E-state index contributed by atoms with van der Waals surface area (Å²) < 4.78 is 36.4. The molecule has 0 atom stereocenters. The molecule has 0 amide bonds. The number of nitrogens with one attached hydrogen (secondary N) is 1. The number of piperidine rings is 1. The summed E-state index contributed by atoms with van der Waals surface area (Å²) in [6, 6.07) is 15.3. The zero-order chi connectivity index (χ0) is 24.8. The SMILES string of the molecule is CCN1CCC(n2c(=O)[nH]c3cc(/C=C4/c5ccc(F)cc5OCc5c(F)cccc54)ccc32)CC1. The normalized spacial score (nSPS) is 17.6. The van der Waals surface area contributed by atoms with Gasteiger partial charge in [-0.15, -0.1) is 0 Å². The molecule has 6 rings (SSSR count). The van der Waals surface area contributed by atoms with Gasteiger partial charge in [0.25, 0.3) is 0 Å². The van der Waals surface area contributed by atoms with Crippen LogP contribution in [0.25, 0.3) is 22.7 Å². The summed E-state index contributed by atoms with van der Waals surface area (Å²) in [6.07, 6.45) is 3.84. The number of aromatic nitrogens is 2. The lowest BCUT2D eigenvalue weighted by molar-refractivity contribution is 0.195. The molecule has 1 N–H and O–H groups in total. The van der Waals surface area contributed by atoms with E-state index in [0.717, 1.165) is 54.6 Å². The van der Waals surface area contributed by atoms with Crippen molar-refractivity contribution in [3.63, 3.8) is 0 Å². The van der Waals surface area contributed by atoms with Crippen molar-refractivity contribution in [1.29, 1.82) is 0 Å². The average Bonchev–Trinajstić information content (AvgIpc) is 3.13. The highest BCUT2D eigenvalue weighted by molar-refractivity contribution is 5.95. The van der Waals surface area contributed by atoms with Crippen molar-refractivity contribution >= 4 is 22.7 Å². The molecule has 1 saturated heterocycles. The number of likely N-dealkylation sites (tertiary alicyclic amines) is 1. The number of imidazole rings is 1. The van der Waals surface area contributed by atoms with Crippen LogP contribution < -0.4 is 10.4 Å². The monoisotopic (exact) mass is 487 g/mol. The van der Waals surface area contributed by atoms with E-state index in [1.165, 1.54) is 18.2 Å². The Balaban J connectivity index is 1.45. The fraction of sp³-hybridized carbons (Fsp3) is 0.276. The van der Waals surface area contributed by atoms with Crippen molar-refractivity contribution in [1.82, 2.24) is 14.5 Å². The summed E-state index contributed by atoms with van der Waals surface area (Å²) in [6.45, 7) is 5.19. The van der Waals surface area contributed by atoms with Gasteiger partial charge in [0.2, 0.25) is 0 Å². The van der Waals surface area contributed by atoms with Gasteiger partial charge in [0.05, 0.1) is 11.0 Å². The summed E-state index contributed by atoms with van der Waals surface area (Å²) in [4.78, 5) is 18.3. The Kier molecular flexibility index (Phi) is 5.72. The molecule has 4 aromatic rings. The standard InChI is InChI=1S/C29H27F2N3O2/c1-2-33-12-10-20(11-13-33)34-27-9-6-18(15-26(27)32-29(34)35)14-23-21-4-3-5-25(31)24(21)17-36-28-16-19(30)7-8-22(23)28/h3-9,14-16,20H,2,10-13,17H2,1H3,(H,32,35)/b23-14+. The smallest absolute Gasteiger partial charge is 0.326 e. The second kappa shape index (κ2) is 9.06. The third-order valence-electron chi connectivity index (χ3n) is 7.44. The van der Waals surface area contributed by atoms with Gasteiger partial charge in [-0.2, -0.15) is 0 Å². The summed E-state index contributed by atoms with van der Waals surface area (Å²) in [5.41, 5.74) is 4.96. The lowest BCUT2D eigenvalue weighted by Gasteiger charge is -2.31. The molecule has 2 aliphatic heterocycles. The maximum atomic E-state index is 14.7. The Hall–Kier alpha value is -3.71. The largest absolute Gasteiger partial charge is 0.488 e. The minimum absolute atomic E-state index is 0.0157. The Morgan fingerprint density at radius 2 is 1.89 bits per heavy atom. The highest BCUT2D eigenvalue weighted by Gasteiger charge is 2.24. The quantitative estimate of drug-likeness (QED) is 0.401. The topological polar surface area (TPSA) is 50.3 Å². The first kappa shape index (κ1) is 22.7. The van der Waals surface area contributed by atoms with Crippen LogP contribution in [0, 0.1) is 11.6 Å². The Morgan fingerprint density at radius 1 is 1.06 bits per heavy atom. The molecule has 3 aromatic carbocycles. The van der Waals surface area contributed by atoms with E-state index in [0.29, 0.717) is 22.4 Å². The molecule has 0 radical (unpaired) electrons. The number of halogens is 2. The van der Waals surface area contributed by atoms with E-state index in [1.54, 1.807) is 12.1 Å². The van der Waals surface area contributed by atoms with Crippen LogP contribution in [0.2, 0.25) is 0 Å². The van der Waals surface area contributed by atoms with Crippen LogP contribution in [-0.4, -0.2) is 34.1 Å². The van der Waals surface area contributed by atoms with Crippen LogP contribution in [0.1, 0.15) is 48.1 Å². The number of hydrogen-bond donors (Lipinski definition) is 1. The van der Waals surface area contributed by atoms with Crippen molar-refractivity contribution in [2.24, 2.45) is 0 Å². The van der Waals surface area contributed by atoms with Crippen LogP contribution in [0.3, 0.4) is 0 Å². The number of hydrogen-bond acceptors (Lipinski definition) is 3. The molecule has 0 bridgehead atoms. The molecular formula is C29H27F2N3O2. The number of rotatable bonds is 3. The minimum Gasteiger partial charge on any atom is -0.488 e.